The Morgan fingerprint density at radius 1 is 0.643 bits per heavy atom. The summed E-state index contributed by atoms with van der Waals surface area (Å²) in [5.74, 6) is -6.46. The van der Waals surface area contributed by atoms with Gasteiger partial charge in [0.05, 0.1) is 13.2 Å². The Morgan fingerprint density at radius 3 is 1.25 bits per heavy atom. The second kappa shape index (κ2) is 10.2. The van der Waals surface area contributed by atoms with E-state index in [2.05, 4.69) is 0 Å². The van der Waals surface area contributed by atoms with Gasteiger partial charge >= 0.3 is 11.9 Å². The number of esters is 2. The summed E-state index contributed by atoms with van der Waals surface area (Å²) in [6, 6.07) is 16.0. The van der Waals surface area contributed by atoms with Crippen LogP contribution in [0, 0.1) is 11.8 Å². The highest BCUT2D eigenvalue weighted by atomic mass is 16.5. The number of Topliss-reactive ketones (excluding diaryl/α,β-unsaturated/α-hetero) is 2. The lowest BCUT2D eigenvalue weighted by Gasteiger charge is -2.22. The monoisotopic (exact) mass is 382 g/mol. The Balaban J connectivity index is 2.54. The van der Waals surface area contributed by atoms with Crippen molar-refractivity contribution < 1.29 is 28.7 Å². The summed E-state index contributed by atoms with van der Waals surface area (Å²) in [5.41, 5.74) is 0.409. The summed E-state index contributed by atoms with van der Waals surface area (Å²) >= 11 is 0. The first-order valence-corrected chi connectivity index (χ1v) is 9.03. The lowest BCUT2D eigenvalue weighted by atomic mass is 9.81. The predicted octanol–water partition coefficient (Wildman–Crippen LogP) is 3.11. The van der Waals surface area contributed by atoms with Crippen molar-refractivity contribution in [2.24, 2.45) is 11.8 Å². The molecule has 0 saturated carbocycles. The van der Waals surface area contributed by atoms with E-state index in [-0.39, 0.29) is 24.3 Å². The average Bonchev–Trinajstić information content (AvgIpc) is 2.72. The maximum Gasteiger partial charge on any atom is 0.318 e. The van der Waals surface area contributed by atoms with Crippen LogP contribution in [0.1, 0.15) is 34.6 Å². The van der Waals surface area contributed by atoms with Crippen LogP contribution in [0.15, 0.2) is 60.7 Å². The minimum absolute atomic E-state index is 0.00642. The molecule has 0 saturated heterocycles. The van der Waals surface area contributed by atoms with Gasteiger partial charge in [-0.2, -0.15) is 0 Å². The fourth-order valence-electron chi connectivity index (χ4n) is 2.82. The molecule has 2 atom stereocenters. The molecule has 0 amide bonds. The van der Waals surface area contributed by atoms with E-state index in [1.807, 2.05) is 0 Å². The number of hydrogen-bond acceptors (Lipinski definition) is 6. The maximum absolute atomic E-state index is 13.1. The van der Waals surface area contributed by atoms with Gasteiger partial charge in [0.2, 0.25) is 0 Å². The van der Waals surface area contributed by atoms with Crippen LogP contribution < -0.4 is 0 Å². The first-order valence-electron chi connectivity index (χ1n) is 9.03. The topological polar surface area (TPSA) is 86.7 Å². The third-order valence-electron chi connectivity index (χ3n) is 4.10. The smallest absolute Gasteiger partial charge is 0.318 e. The van der Waals surface area contributed by atoms with Gasteiger partial charge in [-0.25, -0.2) is 0 Å². The van der Waals surface area contributed by atoms with Gasteiger partial charge in [-0.1, -0.05) is 60.7 Å². The number of ketones is 2. The van der Waals surface area contributed by atoms with Crippen LogP contribution in [0.5, 0.6) is 0 Å². The van der Waals surface area contributed by atoms with Crippen LogP contribution in [0.3, 0.4) is 0 Å². The minimum atomic E-state index is -1.63. The van der Waals surface area contributed by atoms with E-state index in [4.69, 9.17) is 9.47 Å². The molecule has 0 heterocycles. The van der Waals surface area contributed by atoms with Gasteiger partial charge < -0.3 is 9.47 Å². The molecule has 146 valence electrons. The molecule has 0 aliphatic rings. The van der Waals surface area contributed by atoms with Crippen molar-refractivity contribution in [2.45, 2.75) is 13.8 Å². The Hall–Kier alpha value is -3.28. The van der Waals surface area contributed by atoms with Gasteiger partial charge in [0.25, 0.3) is 0 Å². The summed E-state index contributed by atoms with van der Waals surface area (Å²) in [4.78, 5) is 51.5. The van der Waals surface area contributed by atoms with Crippen molar-refractivity contribution >= 4 is 23.5 Å². The molecule has 28 heavy (non-hydrogen) atoms. The molecule has 0 fully saturated rings. The number of benzene rings is 2. The van der Waals surface area contributed by atoms with E-state index in [1.54, 1.807) is 50.2 Å². The number of hydrogen-bond donors (Lipinski definition) is 0. The number of carbonyl (C=O) groups excluding carboxylic acids is 4. The van der Waals surface area contributed by atoms with E-state index in [0.717, 1.165) is 0 Å². The van der Waals surface area contributed by atoms with Gasteiger partial charge in [0.1, 0.15) is 11.8 Å². The van der Waals surface area contributed by atoms with Gasteiger partial charge in [-0.3, -0.25) is 19.2 Å². The quantitative estimate of drug-likeness (QED) is 0.376. The first kappa shape index (κ1) is 21.0. The van der Waals surface area contributed by atoms with Crippen LogP contribution >= 0.6 is 0 Å². The van der Waals surface area contributed by atoms with Crippen molar-refractivity contribution in [1.82, 2.24) is 0 Å². The van der Waals surface area contributed by atoms with E-state index in [1.165, 1.54) is 24.3 Å². The Bertz CT molecular complexity index is 757. The van der Waals surface area contributed by atoms with Gasteiger partial charge in [-0.05, 0) is 13.8 Å². The normalized spacial score (nSPS) is 12.5. The number of rotatable bonds is 9. The lowest BCUT2D eigenvalue weighted by molar-refractivity contribution is -0.156. The van der Waals surface area contributed by atoms with Crippen molar-refractivity contribution in [3.8, 4) is 0 Å². The zero-order valence-electron chi connectivity index (χ0n) is 15.8. The highest BCUT2D eigenvalue weighted by molar-refractivity contribution is 6.19. The fourth-order valence-corrected chi connectivity index (χ4v) is 2.82. The molecule has 2 rings (SSSR count). The number of carbonyl (C=O) groups is 4. The van der Waals surface area contributed by atoms with E-state index in [0.29, 0.717) is 0 Å². The molecule has 0 spiro atoms. The van der Waals surface area contributed by atoms with Gasteiger partial charge in [0.15, 0.2) is 11.6 Å². The zero-order chi connectivity index (χ0) is 20.5. The third-order valence-corrected chi connectivity index (χ3v) is 4.10. The van der Waals surface area contributed by atoms with Crippen LogP contribution in [0.4, 0.5) is 0 Å². The van der Waals surface area contributed by atoms with Crippen LogP contribution in [0.2, 0.25) is 0 Å². The summed E-state index contributed by atoms with van der Waals surface area (Å²) in [6.07, 6.45) is 0. The standard InChI is InChI=1S/C22H22O6/c1-3-27-21(25)17(19(23)15-11-7-5-8-12-15)18(22(26)28-4-2)20(24)16-13-9-6-10-14-16/h5-14,17-18H,3-4H2,1-2H3. The fraction of sp³-hybridized carbons (Fsp3) is 0.273. The van der Waals surface area contributed by atoms with Crippen molar-refractivity contribution in [3.05, 3.63) is 71.8 Å². The molecule has 0 aliphatic heterocycles. The molecule has 0 bridgehead atoms. The lowest BCUT2D eigenvalue weighted by Crippen LogP contribution is -2.42. The van der Waals surface area contributed by atoms with E-state index >= 15 is 0 Å². The van der Waals surface area contributed by atoms with E-state index in [9.17, 15) is 19.2 Å². The van der Waals surface area contributed by atoms with Crippen LogP contribution in [-0.2, 0) is 19.1 Å². The Labute approximate surface area is 163 Å². The van der Waals surface area contributed by atoms with Crippen LogP contribution in [0.25, 0.3) is 0 Å². The SMILES string of the molecule is CCOC(=O)C(C(=O)c1ccccc1)C(C(=O)OCC)C(=O)c1ccccc1. The second-order valence-corrected chi connectivity index (χ2v) is 5.92. The maximum atomic E-state index is 13.1. The highest BCUT2D eigenvalue weighted by Gasteiger charge is 2.46. The second-order valence-electron chi connectivity index (χ2n) is 5.92. The molecule has 0 aromatic heterocycles. The Kier molecular flexibility index (Phi) is 7.63. The predicted molar refractivity (Wildman–Crippen MR) is 102 cm³/mol. The molecule has 2 aromatic rings. The van der Waals surface area contributed by atoms with Crippen molar-refractivity contribution in [3.63, 3.8) is 0 Å². The molecule has 0 N–H and O–H groups in total. The molecule has 0 radical (unpaired) electrons. The van der Waals surface area contributed by atoms with Crippen LogP contribution in [-0.4, -0.2) is 36.7 Å². The molecule has 2 unspecified atom stereocenters. The molecular weight excluding hydrogens is 360 g/mol. The van der Waals surface area contributed by atoms with Gasteiger partial charge in [-0.15, -0.1) is 0 Å². The zero-order valence-corrected chi connectivity index (χ0v) is 15.8. The summed E-state index contributed by atoms with van der Waals surface area (Å²) in [7, 11) is 0. The molecular formula is C22H22O6. The first-order chi connectivity index (χ1) is 13.5. The average molecular weight is 382 g/mol. The highest BCUT2D eigenvalue weighted by Crippen LogP contribution is 2.25. The van der Waals surface area contributed by atoms with Crippen molar-refractivity contribution in [2.75, 3.05) is 13.2 Å². The molecule has 6 nitrogen and oxygen atoms in total. The summed E-state index contributed by atoms with van der Waals surface area (Å²) < 4.78 is 10.0. The van der Waals surface area contributed by atoms with Crippen molar-refractivity contribution in [1.29, 1.82) is 0 Å². The summed E-state index contributed by atoms with van der Waals surface area (Å²) in [5, 5.41) is 0. The van der Waals surface area contributed by atoms with Gasteiger partial charge in [0, 0.05) is 11.1 Å². The molecule has 2 aromatic carbocycles. The largest absolute Gasteiger partial charge is 0.465 e. The minimum Gasteiger partial charge on any atom is -0.465 e. The number of ether oxygens (including phenoxy) is 2. The van der Waals surface area contributed by atoms with E-state index < -0.39 is 35.3 Å². The molecule has 0 aliphatic carbocycles. The summed E-state index contributed by atoms with van der Waals surface area (Å²) in [6.45, 7) is 3.18. The molecule has 6 heteroatoms. The third kappa shape index (κ3) is 4.91. The Morgan fingerprint density at radius 2 is 0.964 bits per heavy atom.